The lowest BCUT2D eigenvalue weighted by Gasteiger charge is -2.14. The van der Waals surface area contributed by atoms with E-state index in [1.54, 1.807) is 25.3 Å². The van der Waals surface area contributed by atoms with Crippen LogP contribution in [0.25, 0.3) is 0 Å². The second-order valence-corrected chi connectivity index (χ2v) is 4.14. The van der Waals surface area contributed by atoms with Crippen molar-refractivity contribution in [2.75, 3.05) is 18.2 Å². The zero-order valence-corrected chi connectivity index (χ0v) is 10.6. The van der Waals surface area contributed by atoms with E-state index < -0.39 is 0 Å². The van der Waals surface area contributed by atoms with Gasteiger partial charge >= 0.3 is 0 Å². The number of amides is 1. The van der Waals surface area contributed by atoms with E-state index in [1.807, 2.05) is 6.92 Å². The van der Waals surface area contributed by atoms with Gasteiger partial charge in [0.05, 0.1) is 12.8 Å². The summed E-state index contributed by atoms with van der Waals surface area (Å²) in [5.41, 5.74) is 6.91. The van der Waals surface area contributed by atoms with E-state index >= 15 is 0 Å². The Kier molecular flexibility index (Phi) is 4.82. The minimum absolute atomic E-state index is 0.00394. The second-order valence-electron chi connectivity index (χ2n) is 4.14. The van der Waals surface area contributed by atoms with Gasteiger partial charge < -0.3 is 15.8 Å². The van der Waals surface area contributed by atoms with Crippen LogP contribution < -0.4 is 15.8 Å². The van der Waals surface area contributed by atoms with Gasteiger partial charge in [0, 0.05) is 11.6 Å². The Balaban J connectivity index is 2.79. The average molecular weight is 236 g/mol. The molecule has 0 aliphatic heterocycles. The quantitative estimate of drug-likeness (QED) is 0.772. The molecule has 1 atom stereocenters. The van der Waals surface area contributed by atoms with Gasteiger partial charge in [-0.2, -0.15) is 0 Å². The molecule has 4 nitrogen and oxygen atoms in total. The Labute approximate surface area is 102 Å². The number of benzene rings is 1. The number of carbonyl (C=O) groups is 1. The van der Waals surface area contributed by atoms with Crippen LogP contribution in [0.3, 0.4) is 0 Å². The molecule has 1 amide bonds. The van der Waals surface area contributed by atoms with Crippen LogP contribution in [-0.4, -0.2) is 13.0 Å². The van der Waals surface area contributed by atoms with Gasteiger partial charge in [-0.05, 0) is 24.6 Å². The lowest BCUT2D eigenvalue weighted by molar-refractivity contribution is -0.119. The van der Waals surface area contributed by atoms with Crippen LogP contribution in [0.4, 0.5) is 11.4 Å². The van der Waals surface area contributed by atoms with E-state index in [1.165, 1.54) is 0 Å². The predicted molar refractivity (Wildman–Crippen MR) is 70.1 cm³/mol. The topological polar surface area (TPSA) is 64.4 Å². The van der Waals surface area contributed by atoms with Gasteiger partial charge in [-0.15, -0.1) is 0 Å². The molecule has 94 valence electrons. The van der Waals surface area contributed by atoms with Crippen LogP contribution in [0.15, 0.2) is 18.2 Å². The first-order valence-electron chi connectivity index (χ1n) is 5.82. The number of methoxy groups -OCH3 is 1. The third-order valence-electron chi connectivity index (χ3n) is 2.65. The van der Waals surface area contributed by atoms with Crippen molar-refractivity contribution in [3.63, 3.8) is 0 Å². The number of rotatable bonds is 5. The fraction of sp³-hybridized carbons (Fsp3) is 0.462. The molecule has 3 N–H and O–H groups in total. The lowest BCUT2D eigenvalue weighted by atomic mass is 10.1. The fourth-order valence-corrected chi connectivity index (χ4v) is 1.64. The number of nitrogens with one attached hydrogen (secondary N) is 1. The fourth-order valence-electron chi connectivity index (χ4n) is 1.64. The maximum atomic E-state index is 11.9. The van der Waals surface area contributed by atoms with Crippen LogP contribution in [0.5, 0.6) is 5.75 Å². The Morgan fingerprint density at radius 1 is 1.53 bits per heavy atom. The highest BCUT2D eigenvalue weighted by Gasteiger charge is 2.14. The molecule has 0 aliphatic rings. The highest BCUT2D eigenvalue weighted by Crippen LogP contribution is 2.27. The summed E-state index contributed by atoms with van der Waals surface area (Å²) in [6.45, 7) is 3.97. The van der Waals surface area contributed by atoms with Gasteiger partial charge in [0.15, 0.2) is 0 Å². The maximum absolute atomic E-state index is 11.9. The largest absolute Gasteiger partial charge is 0.495 e. The molecule has 0 aliphatic carbocycles. The van der Waals surface area contributed by atoms with E-state index in [9.17, 15) is 4.79 Å². The molecule has 1 aromatic carbocycles. The smallest absolute Gasteiger partial charge is 0.227 e. The first-order chi connectivity index (χ1) is 8.08. The molecule has 0 saturated carbocycles. The van der Waals surface area contributed by atoms with Crippen LogP contribution in [0, 0.1) is 5.92 Å². The van der Waals surface area contributed by atoms with Gasteiger partial charge in [-0.1, -0.05) is 20.3 Å². The van der Waals surface area contributed by atoms with Crippen molar-refractivity contribution in [2.45, 2.75) is 26.7 Å². The number of ether oxygens (including phenoxy) is 1. The molecule has 0 saturated heterocycles. The standard InChI is InChI=1S/C13H20N2O2/c1-4-5-9(2)13(16)15-11-8-10(14)6-7-12(11)17-3/h6-9H,4-5,14H2,1-3H3,(H,15,16). The number of anilines is 2. The van der Waals surface area contributed by atoms with Crippen molar-refractivity contribution < 1.29 is 9.53 Å². The van der Waals surface area contributed by atoms with Crippen molar-refractivity contribution in [1.82, 2.24) is 0 Å². The zero-order chi connectivity index (χ0) is 12.8. The summed E-state index contributed by atoms with van der Waals surface area (Å²) in [7, 11) is 1.57. The molecule has 0 radical (unpaired) electrons. The number of nitrogens with two attached hydrogens (primary N) is 1. The Morgan fingerprint density at radius 2 is 2.24 bits per heavy atom. The summed E-state index contributed by atoms with van der Waals surface area (Å²) in [5.74, 6) is 0.609. The summed E-state index contributed by atoms with van der Waals surface area (Å²) in [6, 6.07) is 5.19. The van der Waals surface area contributed by atoms with Gasteiger partial charge in [0.25, 0.3) is 0 Å². The van der Waals surface area contributed by atoms with Gasteiger partial charge in [-0.3, -0.25) is 4.79 Å². The summed E-state index contributed by atoms with van der Waals surface area (Å²) in [5, 5.41) is 2.84. The maximum Gasteiger partial charge on any atom is 0.227 e. The van der Waals surface area contributed by atoms with E-state index in [-0.39, 0.29) is 11.8 Å². The molecule has 17 heavy (non-hydrogen) atoms. The van der Waals surface area contributed by atoms with Crippen LogP contribution >= 0.6 is 0 Å². The number of hydrogen-bond donors (Lipinski definition) is 2. The molecule has 0 spiro atoms. The molecule has 1 rings (SSSR count). The highest BCUT2D eigenvalue weighted by molar-refractivity contribution is 5.94. The van der Waals surface area contributed by atoms with Crippen molar-refractivity contribution >= 4 is 17.3 Å². The predicted octanol–water partition coefficient (Wildman–Crippen LogP) is 2.65. The van der Waals surface area contributed by atoms with Gasteiger partial charge in [0.1, 0.15) is 5.75 Å². The highest BCUT2D eigenvalue weighted by atomic mass is 16.5. The van der Waals surface area contributed by atoms with E-state index in [2.05, 4.69) is 12.2 Å². The second kappa shape index (κ2) is 6.13. The molecule has 0 aromatic heterocycles. The SMILES string of the molecule is CCCC(C)C(=O)Nc1cc(N)ccc1OC. The monoisotopic (exact) mass is 236 g/mol. The molecular formula is C13H20N2O2. The molecule has 0 fully saturated rings. The minimum atomic E-state index is -0.00821. The van der Waals surface area contributed by atoms with Crippen molar-refractivity contribution in [2.24, 2.45) is 5.92 Å². The Bertz CT molecular complexity index is 391. The lowest BCUT2D eigenvalue weighted by Crippen LogP contribution is -2.20. The third kappa shape index (κ3) is 3.66. The Morgan fingerprint density at radius 3 is 2.82 bits per heavy atom. The number of nitrogen functional groups attached to an aromatic ring is 1. The minimum Gasteiger partial charge on any atom is -0.495 e. The molecule has 0 heterocycles. The summed E-state index contributed by atoms with van der Waals surface area (Å²) in [6.07, 6.45) is 1.86. The van der Waals surface area contributed by atoms with E-state index in [0.29, 0.717) is 17.1 Å². The molecule has 1 aromatic rings. The van der Waals surface area contributed by atoms with E-state index in [4.69, 9.17) is 10.5 Å². The van der Waals surface area contributed by atoms with Crippen LogP contribution in [0.1, 0.15) is 26.7 Å². The number of carbonyl (C=O) groups excluding carboxylic acids is 1. The Hall–Kier alpha value is -1.71. The van der Waals surface area contributed by atoms with Crippen molar-refractivity contribution in [1.29, 1.82) is 0 Å². The van der Waals surface area contributed by atoms with Gasteiger partial charge in [-0.25, -0.2) is 0 Å². The van der Waals surface area contributed by atoms with Gasteiger partial charge in [0.2, 0.25) is 5.91 Å². The first-order valence-corrected chi connectivity index (χ1v) is 5.82. The van der Waals surface area contributed by atoms with Crippen molar-refractivity contribution in [3.8, 4) is 5.75 Å². The van der Waals surface area contributed by atoms with Crippen LogP contribution in [-0.2, 0) is 4.79 Å². The van der Waals surface area contributed by atoms with E-state index in [0.717, 1.165) is 12.8 Å². The summed E-state index contributed by atoms with van der Waals surface area (Å²) >= 11 is 0. The summed E-state index contributed by atoms with van der Waals surface area (Å²) in [4.78, 5) is 11.9. The first kappa shape index (κ1) is 13.4. The molecule has 4 heteroatoms. The zero-order valence-electron chi connectivity index (χ0n) is 10.6. The average Bonchev–Trinajstić information content (AvgIpc) is 2.29. The van der Waals surface area contributed by atoms with Crippen molar-refractivity contribution in [3.05, 3.63) is 18.2 Å². The normalized spacial score (nSPS) is 11.9. The van der Waals surface area contributed by atoms with Crippen LogP contribution in [0.2, 0.25) is 0 Å². The molecule has 0 bridgehead atoms. The molecule has 1 unspecified atom stereocenters. The number of hydrogen-bond acceptors (Lipinski definition) is 3. The molecular weight excluding hydrogens is 216 g/mol. The summed E-state index contributed by atoms with van der Waals surface area (Å²) < 4.78 is 5.17. The third-order valence-corrected chi connectivity index (χ3v) is 2.65.